The maximum absolute atomic E-state index is 12.6. The molecule has 0 spiro atoms. The van der Waals surface area contributed by atoms with Crippen LogP contribution < -0.4 is 4.74 Å². The third kappa shape index (κ3) is 2.37. The summed E-state index contributed by atoms with van der Waals surface area (Å²) in [5, 5.41) is 0. The van der Waals surface area contributed by atoms with Crippen molar-refractivity contribution in [3.05, 3.63) is 22.6 Å². The molecule has 0 aliphatic rings. The Kier molecular flexibility index (Phi) is 2.91. The summed E-state index contributed by atoms with van der Waals surface area (Å²) in [5.41, 5.74) is 0. The first-order valence-corrected chi connectivity index (χ1v) is 3.66. The molecule has 0 radical (unpaired) electrons. The van der Waals surface area contributed by atoms with E-state index in [2.05, 4.69) is 25.7 Å². The summed E-state index contributed by atoms with van der Waals surface area (Å²) in [5.74, 6) is -1.63. The molecule has 1 aromatic heterocycles. The lowest BCUT2D eigenvalue weighted by Gasteiger charge is -2.03. The van der Waals surface area contributed by atoms with Crippen molar-refractivity contribution >= 4 is 15.9 Å². The van der Waals surface area contributed by atoms with Crippen molar-refractivity contribution in [2.75, 3.05) is 0 Å². The molecular formula is C6H3BrF3NO. The van der Waals surface area contributed by atoms with Gasteiger partial charge >= 0.3 is 6.61 Å². The van der Waals surface area contributed by atoms with Gasteiger partial charge in [0.25, 0.3) is 5.88 Å². The summed E-state index contributed by atoms with van der Waals surface area (Å²) in [6, 6.07) is 2.27. The Balaban J connectivity index is 2.90. The standard InChI is InChI=1S/C6H3BrF3NO/c7-4-2-1-3(8)5(11-4)12-6(9)10/h1-2,6H. The normalized spacial score (nSPS) is 10.4. The topological polar surface area (TPSA) is 22.1 Å². The molecule has 0 aliphatic carbocycles. The number of ether oxygens (including phenoxy) is 1. The Labute approximate surface area is 74.5 Å². The van der Waals surface area contributed by atoms with Crippen LogP contribution in [-0.2, 0) is 0 Å². The Hall–Kier alpha value is -0.780. The maximum Gasteiger partial charge on any atom is 0.388 e. The van der Waals surface area contributed by atoms with Crippen LogP contribution in [0.3, 0.4) is 0 Å². The van der Waals surface area contributed by atoms with E-state index < -0.39 is 18.3 Å². The van der Waals surface area contributed by atoms with Gasteiger partial charge in [-0.05, 0) is 28.1 Å². The van der Waals surface area contributed by atoms with Crippen molar-refractivity contribution < 1.29 is 17.9 Å². The van der Waals surface area contributed by atoms with Crippen molar-refractivity contribution in [1.82, 2.24) is 4.98 Å². The molecule has 0 atom stereocenters. The minimum absolute atomic E-state index is 0.236. The van der Waals surface area contributed by atoms with E-state index in [1.54, 1.807) is 0 Å². The van der Waals surface area contributed by atoms with Gasteiger partial charge in [0.1, 0.15) is 4.60 Å². The first-order valence-electron chi connectivity index (χ1n) is 2.86. The van der Waals surface area contributed by atoms with Crippen LogP contribution in [0.2, 0.25) is 0 Å². The molecule has 0 bridgehead atoms. The lowest BCUT2D eigenvalue weighted by atomic mass is 10.5. The molecule has 12 heavy (non-hydrogen) atoms. The fourth-order valence-electron chi connectivity index (χ4n) is 0.568. The molecule has 6 heteroatoms. The second kappa shape index (κ2) is 3.75. The molecule has 2 nitrogen and oxygen atoms in total. The van der Waals surface area contributed by atoms with Crippen molar-refractivity contribution in [3.8, 4) is 5.88 Å². The predicted molar refractivity (Wildman–Crippen MR) is 38.5 cm³/mol. The summed E-state index contributed by atoms with van der Waals surface area (Å²) in [4.78, 5) is 3.35. The van der Waals surface area contributed by atoms with E-state index >= 15 is 0 Å². The van der Waals surface area contributed by atoms with Crippen molar-refractivity contribution in [2.24, 2.45) is 0 Å². The van der Waals surface area contributed by atoms with Crippen molar-refractivity contribution in [1.29, 1.82) is 0 Å². The highest BCUT2D eigenvalue weighted by Crippen LogP contribution is 2.18. The molecule has 66 valence electrons. The number of halogens is 4. The van der Waals surface area contributed by atoms with Gasteiger partial charge in [0.15, 0.2) is 5.82 Å². The molecular weight excluding hydrogens is 239 g/mol. The number of alkyl halides is 2. The fourth-order valence-corrected chi connectivity index (χ4v) is 0.861. The molecule has 0 aromatic carbocycles. The number of hydrogen-bond donors (Lipinski definition) is 0. The molecule has 0 fully saturated rings. The number of hydrogen-bond acceptors (Lipinski definition) is 2. The van der Waals surface area contributed by atoms with Crippen LogP contribution in [0.1, 0.15) is 0 Å². The number of pyridine rings is 1. The quantitative estimate of drug-likeness (QED) is 0.743. The zero-order valence-electron chi connectivity index (χ0n) is 5.60. The molecule has 1 aromatic rings. The minimum atomic E-state index is -3.07. The summed E-state index contributed by atoms with van der Waals surface area (Å²) in [7, 11) is 0. The highest BCUT2D eigenvalue weighted by Gasteiger charge is 2.11. The minimum Gasteiger partial charge on any atom is -0.414 e. The third-order valence-corrected chi connectivity index (χ3v) is 1.42. The molecule has 0 N–H and O–H groups in total. The van der Waals surface area contributed by atoms with Crippen LogP contribution in [0.5, 0.6) is 5.88 Å². The van der Waals surface area contributed by atoms with Gasteiger partial charge in [-0.3, -0.25) is 0 Å². The zero-order chi connectivity index (χ0) is 9.14. The molecule has 1 rings (SSSR count). The molecule has 0 aliphatic heterocycles. The van der Waals surface area contributed by atoms with Gasteiger partial charge in [0, 0.05) is 0 Å². The van der Waals surface area contributed by atoms with E-state index in [4.69, 9.17) is 0 Å². The van der Waals surface area contributed by atoms with E-state index in [-0.39, 0.29) is 4.60 Å². The molecule has 0 amide bonds. The lowest BCUT2D eigenvalue weighted by molar-refractivity contribution is -0.0554. The Morgan fingerprint density at radius 2 is 2.08 bits per heavy atom. The van der Waals surface area contributed by atoms with Crippen LogP contribution in [0.15, 0.2) is 16.7 Å². The number of rotatable bonds is 2. The fraction of sp³-hybridized carbons (Fsp3) is 0.167. The van der Waals surface area contributed by atoms with Crippen molar-refractivity contribution in [3.63, 3.8) is 0 Å². The first-order chi connectivity index (χ1) is 5.59. The van der Waals surface area contributed by atoms with Crippen molar-refractivity contribution in [2.45, 2.75) is 6.61 Å². The highest BCUT2D eigenvalue weighted by molar-refractivity contribution is 9.10. The summed E-state index contributed by atoms with van der Waals surface area (Å²) >= 11 is 2.88. The average molecular weight is 242 g/mol. The van der Waals surface area contributed by atoms with E-state index in [0.717, 1.165) is 6.07 Å². The van der Waals surface area contributed by atoms with Crippen LogP contribution in [-0.4, -0.2) is 11.6 Å². The van der Waals surface area contributed by atoms with Crippen LogP contribution in [0, 0.1) is 5.82 Å². The highest BCUT2D eigenvalue weighted by atomic mass is 79.9. The van der Waals surface area contributed by atoms with Crippen LogP contribution >= 0.6 is 15.9 Å². The molecule has 0 unspecified atom stereocenters. The third-order valence-electron chi connectivity index (χ3n) is 0.981. The van der Waals surface area contributed by atoms with Crippen LogP contribution in [0.25, 0.3) is 0 Å². The van der Waals surface area contributed by atoms with Gasteiger partial charge in [-0.25, -0.2) is 9.37 Å². The smallest absolute Gasteiger partial charge is 0.388 e. The number of nitrogens with zero attached hydrogens (tertiary/aromatic N) is 1. The monoisotopic (exact) mass is 241 g/mol. The predicted octanol–water partition coefficient (Wildman–Crippen LogP) is 2.58. The van der Waals surface area contributed by atoms with Gasteiger partial charge in [0.05, 0.1) is 0 Å². The van der Waals surface area contributed by atoms with Gasteiger partial charge in [-0.1, -0.05) is 0 Å². The van der Waals surface area contributed by atoms with Gasteiger partial charge in [0.2, 0.25) is 0 Å². The second-order valence-electron chi connectivity index (χ2n) is 1.80. The van der Waals surface area contributed by atoms with Gasteiger partial charge in [-0.15, -0.1) is 0 Å². The lowest BCUT2D eigenvalue weighted by Crippen LogP contribution is -2.05. The first kappa shape index (κ1) is 9.31. The molecule has 1 heterocycles. The van der Waals surface area contributed by atoms with E-state index in [9.17, 15) is 13.2 Å². The summed E-state index contributed by atoms with van der Waals surface area (Å²) in [6.45, 7) is -3.07. The Morgan fingerprint density at radius 3 is 2.67 bits per heavy atom. The van der Waals surface area contributed by atoms with Gasteiger partial charge < -0.3 is 4.74 Å². The summed E-state index contributed by atoms with van der Waals surface area (Å²) < 4.78 is 39.8. The largest absolute Gasteiger partial charge is 0.414 e. The molecule has 0 saturated heterocycles. The Morgan fingerprint density at radius 1 is 1.42 bits per heavy atom. The average Bonchev–Trinajstić information content (AvgIpc) is 1.96. The maximum atomic E-state index is 12.6. The van der Waals surface area contributed by atoms with Crippen LogP contribution in [0.4, 0.5) is 13.2 Å². The zero-order valence-corrected chi connectivity index (χ0v) is 7.19. The van der Waals surface area contributed by atoms with E-state index in [0.29, 0.717) is 0 Å². The molecule has 0 saturated carbocycles. The SMILES string of the molecule is Fc1ccc(Br)nc1OC(F)F. The van der Waals surface area contributed by atoms with Gasteiger partial charge in [-0.2, -0.15) is 8.78 Å². The summed E-state index contributed by atoms with van der Waals surface area (Å²) in [6.07, 6.45) is 0. The Bertz CT molecular complexity index is 281. The van der Waals surface area contributed by atoms with E-state index in [1.165, 1.54) is 6.07 Å². The second-order valence-corrected chi connectivity index (χ2v) is 2.61. The number of aromatic nitrogens is 1. The van der Waals surface area contributed by atoms with E-state index in [1.807, 2.05) is 0 Å².